The normalized spacial score (nSPS) is 23.8. The molecule has 0 saturated heterocycles. The fraction of sp³-hybridized carbons (Fsp3) is 0.571. The lowest BCUT2D eigenvalue weighted by molar-refractivity contribution is 0.282. The standard InChI is InChI=1S/C14H19Br2NO2S/c1-2-10-5-3-4-6-13(10)17-20(18,19)14-9-11(15)7-8-12(14)16/h7-10,13,17H,2-6H2,1H3. The van der Waals surface area contributed by atoms with Crippen LogP contribution in [0.1, 0.15) is 39.0 Å². The molecule has 3 nitrogen and oxygen atoms in total. The first-order valence-electron chi connectivity index (χ1n) is 6.91. The van der Waals surface area contributed by atoms with Crippen LogP contribution in [0.2, 0.25) is 0 Å². The molecule has 0 heterocycles. The molecular formula is C14H19Br2NO2S. The minimum Gasteiger partial charge on any atom is -0.208 e. The lowest BCUT2D eigenvalue weighted by Gasteiger charge is -2.31. The van der Waals surface area contributed by atoms with Gasteiger partial charge in [-0.05, 0) is 52.9 Å². The summed E-state index contributed by atoms with van der Waals surface area (Å²) < 4.78 is 29.4. The summed E-state index contributed by atoms with van der Waals surface area (Å²) in [5, 5.41) is 0. The number of rotatable bonds is 4. The van der Waals surface area contributed by atoms with Crippen molar-refractivity contribution in [2.45, 2.75) is 50.0 Å². The Morgan fingerprint density at radius 2 is 1.95 bits per heavy atom. The van der Waals surface area contributed by atoms with Gasteiger partial charge >= 0.3 is 0 Å². The summed E-state index contributed by atoms with van der Waals surface area (Å²) in [7, 11) is -3.48. The topological polar surface area (TPSA) is 46.2 Å². The molecule has 1 saturated carbocycles. The van der Waals surface area contributed by atoms with Gasteiger partial charge in [-0.2, -0.15) is 0 Å². The average Bonchev–Trinajstić information content (AvgIpc) is 2.41. The van der Waals surface area contributed by atoms with E-state index in [1.807, 2.05) is 6.07 Å². The second-order valence-corrected chi connectivity index (χ2v) is 8.71. The quantitative estimate of drug-likeness (QED) is 0.775. The van der Waals surface area contributed by atoms with Crippen molar-refractivity contribution in [2.24, 2.45) is 5.92 Å². The maximum atomic E-state index is 12.6. The van der Waals surface area contributed by atoms with Crippen LogP contribution >= 0.6 is 31.9 Å². The van der Waals surface area contributed by atoms with Crippen molar-refractivity contribution in [3.05, 3.63) is 27.1 Å². The Kier molecular flexibility index (Phi) is 5.68. The van der Waals surface area contributed by atoms with Crippen molar-refractivity contribution in [2.75, 3.05) is 0 Å². The first-order chi connectivity index (χ1) is 9.44. The fourth-order valence-electron chi connectivity index (χ4n) is 2.80. The molecule has 2 unspecified atom stereocenters. The highest BCUT2D eigenvalue weighted by atomic mass is 79.9. The van der Waals surface area contributed by atoms with Gasteiger partial charge in [0.25, 0.3) is 0 Å². The smallest absolute Gasteiger partial charge is 0.208 e. The summed E-state index contributed by atoms with van der Waals surface area (Å²) in [4.78, 5) is 0.298. The Labute approximate surface area is 137 Å². The van der Waals surface area contributed by atoms with E-state index in [4.69, 9.17) is 0 Å². The van der Waals surface area contributed by atoms with Crippen LogP contribution in [0, 0.1) is 5.92 Å². The van der Waals surface area contributed by atoms with Crippen molar-refractivity contribution < 1.29 is 8.42 Å². The minimum absolute atomic E-state index is 0.0598. The highest BCUT2D eigenvalue weighted by Crippen LogP contribution is 2.30. The molecule has 0 radical (unpaired) electrons. The summed E-state index contributed by atoms with van der Waals surface area (Å²) >= 11 is 6.65. The van der Waals surface area contributed by atoms with Gasteiger partial charge in [-0.15, -0.1) is 0 Å². The molecule has 0 spiro atoms. The maximum absolute atomic E-state index is 12.6. The van der Waals surface area contributed by atoms with E-state index in [0.717, 1.165) is 30.2 Å². The average molecular weight is 425 g/mol. The fourth-order valence-corrected chi connectivity index (χ4v) is 5.64. The van der Waals surface area contributed by atoms with E-state index in [0.29, 0.717) is 15.3 Å². The number of benzene rings is 1. The molecule has 0 aliphatic heterocycles. The van der Waals surface area contributed by atoms with Crippen LogP contribution < -0.4 is 4.72 Å². The SMILES string of the molecule is CCC1CCCCC1NS(=O)(=O)c1cc(Br)ccc1Br. The van der Waals surface area contributed by atoms with E-state index in [2.05, 4.69) is 43.5 Å². The molecule has 2 rings (SSSR count). The third-order valence-electron chi connectivity index (χ3n) is 3.92. The number of nitrogens with one attached hydrogen (secondary N) is 1. The molecule has 1 fully saturated rings. The Balaban J connectivity index is 2.24. The zero-order valence-corrected chi connectivity index (χ0v) is 15.4. The van der Waals surface area contributed by atoms with Crippen molar-refractivity contribution in [1.29, 1.82) is 0 Å². The molecule has 2 atom stereocenters. The van der Waals surface area contributed by atoms with Gasteiger partial charge in [0.15, 0.2) is 0 Å². The number of sulfonamides is 1. The Morgan fingerprint density at radius 3 is 2.65 bits per heavy atom. The van der Waals surface area contributed by atoms with Crippen LogP contribution in [-0.4, -0.2) is 14.5 Å². The number of halogens is 2. The van der Waals surface area contributed by atoms with E-state index in [9.17, 15) is 8.42 Å². The molecule has 112 valence electrons. The summed E-state index contributed by atoms with van der Waals surface area (Å²) in [6, 6.07) is 5.26. The molecule has 1 aromatic rings. The van der Waals surface area contributed by atoms with Crippen molar-refractivity contribution in [3.63, 3.8) is 0 Å². The molecule has 0 amide bonds. The lowest BCUT2D eigenvalue weighted by Crippen LogP contribution is -2.41. The molecule has 20 heavy (non-hydrogen) atoms. The highest BCUT2D eigenvalue weighted by Gasteiger charge is 2.29. The molecular weight excluding hydrogens is 406 g/mol. The number of hydrogen-bond acceptors (Lipinski definition) is 2. The summed E-state index contributed by atoms with van der Waals surface area (Å²) in [6.07, 6.45) is 5.38. The van der Waals surface area contributed by atoms with E-state index in [1.165, 1.54) is 6.42 Å². The third-order valence-corrected chi connectivity index (χ3v) is 6.90. The molecule has 1 N–H and O–H groups in total. The molecule has 1 aliphatic rings. The molecule has 6 heteroatoms. The van der Waals surface area contributed by atoms with Gasteiger partial charge in [-0.1, -0.05) is 42.1 Å². The second kappa shape index (κ2) is 6.90. The Morgan fingerprint density at radius 1 is 1.25 bits per heavy atom. The number of hydrogen-bond donors (Lipinski definition) is 1. The van der Waals surface area contributed by atoms with Crippen LogP contribution in [0.25, 0.3) is 0 Å². The molecule has 0 bridgehead atoms. The van der Waals surface area contributed by atoms with E-state index in [-0.39, 0.29) is 6.04 Å². The Hall–Kier alpha value is 0.0900. The Bertz CT molecular complexity index is 575. The van der Waals surface area contributed by atoms with Crippen LogP contribution in [0.15, 0.2) is 32.0 Å². The third kappa shape index (κ3) is 3.84. The van der Waals surface area contributed by atoms with Crippen molar-refractivity contribution >= 4 is 41.9 Å². The second-order valence-electron chi connectivity index (χ2n) is 5.26. The van der Waals surface area contributed by atoms with Crippen LogP contribution in [0.4, 0.5) is 0 Å². The molecule has 1 aliphatic carbocycles. The van der Waals surface area contributed by atoms with Gasteiger partial charge in [0, 0.05) is 15.0 Å². The predicted octanol–water partition coefficient (Wildman–Crippen LogP) is 4.46. The summed E-state index contributed by atoms with van der Waals surface area (Å²) in [5.41, 5.74) is 0. The predicted molar refractivity (Wildman–Crippen MR) is 88.2 cm³/mol. The van der Waals surface area contributed by atoms with Gasteiger partial charge in [0.05, 0.1) is 4.90 Å². The first-order valence-corrected chi connectivity index (χ1v) is 9.98. The summed E-state index contributed by atoms with van der Waals surface area (Å²) in [5.74, 6) is 0.449. The van der Waals surface area contributed by atoms with Crippen molar-refractivity contribution in [1.82, 2.24) is 4.72 Å². The molecule has 1 aromatic carbocycles. The zero-order chi connectivity index (χ0) is 14.8. The van der Waals surface area contributed by atoms with E-state index < -0.39 is 10.0 Å². The van der Waals surface area contributed by atoms with Gasteiger partial charge in [-0.3, -0.25) is 0 Å². The largest absolute Gasteiger partial charge is 0.241 e. The zero-order valence-electron chi connectivity index (χ0n) is 11.4. The van der Waals surface area contributed by atoms with Crippen LogP contribution in [0.5, 0.6) is 0 Å². The lowest BCUT2D eigenvalue weighted by atomic mass is 9.83. The van der Waals surface area contributed by atoms with Crippen LogP contribution in [0.3, 0.4) is 0 Å². The van der Waals surface area contributed by atoms with Gasteiger partial charge in [-0.25, -0.2) is 13.1 Å². The van der Waals surface area contributed by atoms with E-state index in [1.54, 1.807) is 12.1 Å². The van der Waals surface area contributed by atoms with E-state index >= 15 is 0 Å². The maximum Gasteiger partial charge on any atom is 0.241 e. The highest BCUT2D eigenvalue weighted by molar-refractivity contribution is 9.11. The summed E-state index contributed by atoms with van der Waals surface area (Å²) in [6.45, 7) is 2.13. The van der Waals surface area contributed by atoms with Crippen LogP contribution in [-0.2, 0) is 10.0 Å². The van der Waals surface area contributed by atoms with Gasteiger partial charge < -0.3 is 0 Å². The minimum atomic E-state index is -3.48. The van der Waals surface area contributed by atoms with Gasteiger partial charge in [0.1, 0.15) is 0 Å². The molecule has 0 aromatic heterocycles. The van der Waals surface area contributed by atoms with Crippen molar-refractivity contribution in [3.8, 4) is 0 Å². The monoisotopic (exact) mass is 423 g/mol. The first kappa shape index (κ1) is 16.5. The van der Waals surface area contributed by atoms with Gasteiger partial charge in [0.2, 0.25) is 10.0 Å².